The van der Waals surface area contributed by atoms with Crippen molar-refractivity contribution in [3.8, 4) is 5.69 Å². The number of fused-ring (bicyclic) bond motifs is 5. The van der Waals surface area contributed by atoms with Crippen LogP contribution in [-0.4, -0.2) is 25.3 Å². The summed E-state index contributed by atoms with van der Waals surface area (Å²) in [5, 5.41) is 10.6. The second-order valence-electron chi connectivity index (χ2n) is 9.49. The van der Waals surface area contributed by atoms with Gasteiger partial charge in [-0.1, -0.05) is 65.8 Å². The lowest BCUT2D eigenvalue weighted by Gasteiger charge is -2.26. The van der Waals surface area contributed by atoms with E-state index in [0.717, 1.165) is 53.7 Å². The summed E-state index contributed by atoms with van der Waals surface area (Å²) in [4.78, 5) is 16.1. The zero-order chi connectivity index (χ0) is 25.0. The number of halogens is 1. The zero-order valence-corrected chi connectivity index (χ0v) is 23.4. The van der Waals surface area contributed by atoms with Crippen LogP contribution in [0.25, 0.3) is 21.7 Å². The first kappa shape index (κ1) is 23.9. The fraction of sp³-hybridized carbons (Fsp3) is 0.296. The summed E-state index contributed by atoms with van der Waals surface area (Å²) < 4.78 is 11.0. The minimum absolute atomic E-state index is 0.0399. The van der Waals surface area contributed by atoms with E-state index in [1.165, 1.54) is 5.56 Å². The van der Waals surface area contributed by atoms with Gasteiger partial charge in [-0.25, -0.2) is 8.97 Å². The highest BCUT2D eigenvalue weighted by molar-refractivity contribution is 9.10. The summed E-state index contributed by atoms with van der Waals surface area (Å²) in [5.74, 6) is 1.67. The van der Waals surface area contributed by atoms with Gasteiger partial charge in [0.25, 0.3) is 5.56 Å². The predicted molar refractivity (Wildman–Crippen MR) is 150 cm³/mol. The Labute approximate surface area is 225 Å². The smallest absolute Gasteiger partial charge is 0.268 e. The van der Waals surface area contributed by atoms with Gasteiger partial charge in [-0.2, -0.15) is 0 Å². The molecule has 0 N–H and O–H groups in total. The second kappa shape index (κ2) is 9.45. The number of hydrogen-bond donors (Lipinski definition) is 0. The maximum Gasteiger partial charge on any atom is 0.268 e. The molecule has 0 spiro atoms. The number of ether oxygens (including phenoxy) is 1. The van der Waals surface area contributed by atoms with Crippen LogP contribution in [-0.2, 0) is 23.5 Å². The molecule has 4 heterocycles. The van der Waals surface area contributed by atoms with Gasteiger partial charge in [0.2, 0.25) is 5.78 Å². The highest BCUT2D eigenvalue weighted by Gasteiger charge is 2.30. The molecular weight excluding hydrogens is 556 g/mol. The first-order chi connectivity index (χ1) is 17.4. The van der Waals surface area contributed by atoms with Gasteiger partial charge in [-0.15, -0.1) is 21.5 Å². The summed E-state index contributed by atoms with van der Waals surface area (Å²) >= 11 is 6.76. The number of benzene rings is 2. The van der Waals surface area contributed by atoms with Crippen LogP contribution in [0.15, 0.2) is 63.0 Å². The van der Waals surface area contributed by atoms with Crippen molar-refractivity contribution in [3.05, 3.63) is 84.9 Å². The normalized spacial score (nSPS) is 15.8. The monoisotopic (exact) mass is 580 g/mol. The van der Waals surface area contributed by atoms with Crippen molar-refractivity contribution in [1.29, 1.82) is 0 Å². The number of nitrogens with zero attached hydrogens (tertiary/aromatic N) is 4. The number of rotatable bonds is 5. The topological polar surface area (TPSA) is 61.4 Å². The van der Waals surface area contributed by atoms with Crippen LogP contribution in [0.2, 0.25) is 0 Å². The molecule has 6 nitrogen and oxygen atoms in total. The first-order valence-electron chi connectivity index (χ1n) is 11.9. The fourth-order valence-electron chi connectivity index (χ4n) is 4.69. The van der Waals surface area contributed by atoms with Gasteiger partial charge in [0.15, 0.2) is 5.16 Å². The molecule has 6 rings (SSSR count). The van der Waals surface area contributed by atoms with Crippen molar-refractivity contribution >= 4 is 55.0 Å². The van der Waals surface area contributed by atoms with E-state index in [-0.39, 0.29) is 11.7 Å². The Morgan fingerprint density at radius 3 is 2.75 bits per heavy atom. The van der Waals surface area contributed by atoms with Crippen molar-refractivity contribution in [3.63, 3.8) is 0 Å². The number of thioether (sulfide) groups is 1. The highest BCUT2D eigenvalue weighted by Crippen LogP contribution is 2.38. The largest absolute Gasteiger partial charge is 0.372 e. The van der Waals surface area contributed by atoms with Crippen molar-refractivity contribution in [2.75, 3.05) is 0 Å². The molecule has 5 aromatic rings. The molecule has 184 valence electrons. The van der Waals surface area contributed by atoms with E-state index in [0.29, 0.717) is 18.3 Å². The van der Waals surface area contributed by atoms with E-state index in [1.54, 1.807) is 27.7 Å². The van der Waals surface area contributed by atoms with E-state index in [2.05, 4.69) is 56.5 Å². The van der Waals surface area contributed by atoms with Crippen molar-refractivity contribution in [2.45, 2.75) is 50.8 Å². The second-order valence-corrected chi connectivity index (χ2v) is 12.4. The van der Waals surface area contributed by atoms with Gasteiger partial charge in [0.05, 0.1) is 23.8 Å². The summed E-state index contributed by atoms with van der Waals surface area (Å²) in [5.41, 5.74) is 4.16. The van der Waals surface area contributed by atoms with Crippen LogP contribution in [0, 0.1) is 12.8 Å². The Bertz CT molecular complexity index is 1650. The third kappa shape index (κ3) is 4.12. The molecule has 0 saturated carbocycles. The van der Waals surface area contributed by atoms with E-state index in [9.17, 15) is 4.79 Å². The maximum atomic E-state index is 14.1. The van der Waals surface area contributed by atoms with Gasteiger partial charge >= 0.3 is 0 Å². The van der Waals surface area contributed by atoms with Crippen LogP contribution >= 0.6 is 39.0 Å². The quantitative estimate of drug-likeness (QED) is 0.220. The molecule has 1 aliphatic heterocycles. The standard InChI is InChI=1S/C27H25BrN4O2S2/c1-15(2)21-12-20-22(13-34-21)36-25-23(20)24(33)31(19-6-4-5-16(3)11-19)26-29-30-27(32(25)26)35-14-17-7-9-18(28)10-8-17/h4-11,15,21H,12-14H2,1-3H3/t21-/m0/s1. The van der Waals surface area contributed by atoms with Crippen molar-refractivity contribution in [2.24, 2.45) is 5.92 Å². The Balaban J connectivity index is 1.58. The average molecular weight is 582 g/mol. The molecule has 0 bridgehead atoms. The summed E-state index contributed by atoms with van der Waals surface area (Å²) in [6, 6.07) is 16.3. The molecule has 0 radical (unpaired) electrons. The molecule has 0 aliphatic carbocycles. The van der Waals surface area contributed by atoms with Crippen LogP contribution in [0.3, 0.4) is 0 Å². The SMILES string of the molecule is Cc1cccc(-n2c(=O)c3c4c(sc3n3c(SCc5ccc(Br)cc5)nnc23)CO[C@H](C(C)C)C4)c1. The molecule has 1 aliphatic rings. The highest BCUT2D eigenvalue weighted by atomic mass is 79.9. The lowest BCUT2D eigenvalue weighted by Crippen LogP contribution is -2.28. The van der Waals surface area contributed by atoms with Crippen LogP contribution in [0.1, 0.15) is 35.4 Å². The molecule has 0 fully saturated rings. The van der Waals surface area contributed by atoms with Crippen molar-refractivity contribution in [1.82, 2.24) is 19.2 Å². The van der Waals surface area contributed by atoms with Gasteiger partial charge in [0, 0.05) is 21.5 Å². The lowest BCUT2D eigenvalue weighted by molar-refractivity contribution is 0.00200. The summed E-state index contributed by atoms with van der Waals surface area (Å²) in [6.07, 6.45) is 0.843. The molecule has 3 aromatic heterocycles. The third-order valence-corrected chi connectivity index (χ3v) is 9.35. The lowest BCUT2D eigenvalue weighted by atomic mass is 9.96. The molecule has 36 heavy (non-hydrogen) atoms. The number of aromatic nitrogens is 4. The minimum atomic E-state index is -0.0399. The summed E-state index contributed by atoms with van der Waals surface area (Å²) in [6.45, 7) is 6.91. The molecule has 0 amide bonds. The Hall–Kier alpha value is -2.46. The minimum Gasteiger partial charge on any atom is -0.372 e. The molecule has 1 atom stereocenters. The van der Waals surface area contributed by atoms with Crippen molar-refractivity contribution < 1.29 is 4.74 Å². The molecular formula is C27H25BrN4O2S2. The number of aryl methyl sites for hydroxylation is 1. The molecule has 0 saturated heterocycles. The molecule has 0 unspecified atom stereocenters. The maximum absolute atomic E-state index is 14.1. The van der Waals surface area contributed by atoms with Crippen LogP contribution in [0.5, 0.6) is 0 Å². The number of hydrogen-bond acceptors (Lipinski definition) is 6. The Morgan fingerprint density at radius 1 is 1.19 bits per heavy atom. The number of thiophene rings is 1. The molecule has 9 heteroatoms. The Kier molecular flexibility index (Phi) is 6.27. The fourth-order valence-corrected chi connectivity index (χ4v) is 7.14. The van der Waals surface area contributed by atoms with E-state index in [4.69, 9.17) is 4.74 Å². The zero-order valence-electron chi connectivity index (χ0n) is 20.2. The summed E-state index contributed by atoms with van der Waals surface area (Å²) in [7, 11) is 0. The van der Waals surface area contributed by atoms with Crippen LogP contribution < -0.4 is 5.56 Å². The average Bonchev–Trinajstić information content (AvgIpc) is 3.45. The van der Waals surface area contributed by atoms with Gasteiger partial charge in [0.1, 0.15) is 4.83 Å². The van der Waals surface area contributed by atoms with Crippen LogP contribution in [0.4, 0.5) is 0 Å². The third-order valence-electron chi connectivity index (χ3n) is 6.63. The predicted octanol–water partition coefficient (Wildman–Crippen LogP) is 6.56. The van der Waals surface area contributed by atoms with E-state index < -0.39 is 0 Å². The van der Waals surface area contributed by atoms with Gasteiger partial charge < -0.3 is 4.74 Å². The molecule has 2 aromatic carbocycles. The van der Waals surface area contributed by atoms with E-state index >= 15 is 0 Å². The van der Waals surface area contributed by atoms with Gasteiger partial charge in [-0.05, 0) is 53.8 Å². The van der Waals surface area contributed by atoms with Gasteiger partial charge in [-0.3, -0.25) is 4.79 Å². The first-order valence-corrected chi connectivity index (χ1v) is 14.5. The Morgan fingerprint density at radius 2 is 2.00 bits per heavy atom. The van der Waals surface area contributed by atoms with E-state index in [1.807, 2.05) is 43.3 Å².